The van der Waals surface area contributed by atoms with Crippen molar-refractivity contribution in [1.29, 1.82) is 0 Å². The molecular formula is C17H24ClF3N2O. The topological polar surface area (TPSA) is 24.5 Å². The number of hydrogen-bond acceptors (Lipinski definition) is 3. The third-order valence-electron chi connectivity index (χ3n) is 4.24. The highest BCUT2D eigenvalue weighted by Crippen LogP contribution is 2.35. The van der Waals surface area contributed by atoms with E-state index in [-0.39, 0.29) is 16.8 Å². The molecule has 1 aromatic carbocycles. The Labute approximate surface area is 146 Å². The summed E-state index contributed by atoms with van der Waals surface area (Å²) in [5.41, 5.74) is 0.951. The molecule has 1 aromatic rings. The summed E-state index contributed by atoms with van der Waals surface area (Å²) in [5.74, 6) is -0.347. The molecule has 1 aliphatic heterocycles. The number of alkyl halides is 3. The van der Waals surface area contributed by atoms with Gasteiger partial charge in [0, 0.05) is 32.2 Å². The molecule has 0 aliphatic carbocycles. The highest BCUT2D eigenvalue weighted by atomic mass is 35.5. The number of nitrogens with one attached hydrogen (secondary N) is 1. The van der Waals surface area contributed by atoms with Crippen LogP contribution in [0.25, 0.3) is 0 Å². The molecule has 7 heteroatoms. The van der Waals surface area contributed by atoms with Crippen LogP contribution in [0, 0.1) is 0 Å². The molecule has 1 fully saturated rings. The summed E-state index contributed by atoms with van der Waals surface area (Å²) in [4.78, 5) is 2.38. The standard InChI is InChI=1S/C17H24ClF3N2O/c1-2-3-4-5-15(23-10-8-22-9-11-23)13-6-7-16(14(18)12-13)24-17(19,20)21/h6-7,12,15,22H,2-5,8-11H2,1H3/t15-/m1/s1. The van der Waals surface area contributed by atoms with E-state index in [0.29, 0.717) is 0 Å². The van der Waals surface area contributed by atoms with Crippen LogP contribution in [-0.2, 0) is 0 Å². The number of piperazine rings is 1. The van der Waals surface area contributed by atoms with E-state index in [1.807, 2.05) is 0 Å². The van der Waals surface area contributed by atoms with Crippen LogP contribution in [0.5, 0.6) is 5.75 Å². The molecule has 0 aromatic heterocycles. The minimum atomic E-state index is -4.73. The number of unbranched alkanes of at least 4 members (excludes halogenated alkanes) is 2. The molecule has 0 radical (unpaired) electrons. The second-order valence-corrected chi connectivity index (χ2v) is 6.44. The molecule has 0 bridgehead atoms. The zero-order valence-corrected chi connectivity index (χ0v) is 14.6. The van der Waals surface area contributed by atoms with Gasteiger partial charge in [-0.25, -0.2) is 0 Å². The van der Waals surface area contributed by atoms with Crippen LogP contribution in [0.15, 0.2) is 18.2 Å². The fourth-order valence-electron chi connectivity index (χ4n) is 3.07. The number of hydrogen-bond donors (Lipinski definition) is 1. The first kappa shape index (κ1) is 19.3. The quantitative estimate of drug-likeness (QED) is 0.705. The first-order valence-electron chi connectivity index (χ1n) is 8.40. The fraction of sp³-hybridized carbons (Fsp3) is 0.647. The van der Waals surface area contributed by atoms with Gasteiger partial charge in [-0.15, -0.1) is 13.2 Å². The van der Waals surface area contributed by atoms with E-state index >= 15 is 0 Å². The van der Waals surface area contributed by atoms with Crippen molar-refractivity contribution in [2.24, 2.45) is 0 Å². The summed E-state index contributed by atoms with van der Waals surface area (Å²) in [7, 11) is 0. The van der Waals surface area contributed by atoms with Crippen molar-refractivity contribution in [3.8, 4) is 5.75 Å². The van der Waals surface area contributed by atoms with Crippen molar-refractivity contribution >= 4 is 11.6 Å². The Hall–Kier alpha value is -0.980. The van der Waals surface area contributed by atoms with Gasteiger partial charge in [-0.3, -0.25) is 4.90 Å². The summed E-state index contributed by atoms with van der Waals surface area (Å²) < 4.78 is 41.1. The number of rotatable bonds is 7. The third-order valence-corrected chi connectivity index (χ3v) is 4.54. The molecule has 1 saturated heterocycles. The summed E-state index contributed by atoms with van der Waals surface area (Å²) in [6, 6.07) is 4.81. The van der Waals surface area contributed by atoms with E-state index in [0.717, 1.165) is 57.4 Å². The average Bonchev–Trinajstić information content (AvgIpc) is 2.53. The van der Waals surface area contributed by atoms with Crippen molar-refractivity contribution < 1.29 is 17.9 Å². The van der Waals surface area contributed by atoms with Crippen LogP contribution < -0.4 is 10.1 Å². The zero-order chi connectivity index (χ0) is 17.6. The van der Waals surface area contributed by atoms with Crippen molar-refractivity contribution in [1.82, 2.24) is 10.2 Å². The first-order chi connectivity index (χ1) is 11.4. The van der Waals surface area contributed by atoms with Gasteiger partial charge in [0.2, 0.25) is 0 Å². The molecule has 1 atom stereocenters. The van der Waals surface area contributed by atoms with Crippen molar-refractivity contribution in [3.63, 3.8) is 0 Å². The maximum atomic E-state index is 12.4. The molecule has 3 nitrogen and oxygen atoms in total. The van der Waals surface area contributed by atoms with Gasteiger partial charge < -0.3 is 10.1 Å². The monoisotopic (exact) mass is 364 g/mol. The van der Waals surface area contributed by atoms with Gasteiger partial charge in [0.15, 0.2) is 0 Å². The molecule has 0 saturated carbocycles. The third kappa shape index (κ3) is 5.83. The Morgan fingerprint density at radius 1 is 1.25 bits per heavy atom. The SMILES string of the molecule is CCCCC[C@H](c1ccc(OC(F)(F)F)c(Cl)c1)N1CCNCC1. The molecular weight excluding hydrogens is 341 g/mol. The molecule has 0 spiro atoms. The molecule has 24 heavy (non-hydrogen) atoms. The zero-order valence-electron chi connectivity index (χ0n) is 13.8. The number of nitrogens with zero attached hydrogens (tertiary/aromatic N) is 1. The van der Waals surface area contributed by atoms with Gasteiger partial charge in [-0.1, -0.05) is 43.9 Å². The molecule has 1 N–H and O–H groups in total. The lowest BCUT2D eigenvalue weighted by molar-refractivity contribution is -0.274. The number of ether oxygens (including phenoxy) is 1. The molecule has 1 heterocycles. The summed E-state index contributed by atoms with van der Waals surface area (Å²) in [5, 5.41) is 3.32. The lowest BCUT2D eigenvalue weighted by Gasteiger charge is -2.35. The Balaban J connectivity index is 2.16. The van der Waals surface area contributed by atoms with Crippen LogP contribution in [0.4, 0.5) is 13.2 Å². The maximum Gasteiger partial charge on any atom is 0.573 e. The van der Waals surface area contributed by atoms with Crippen molar-refractivity contribution in [2.45, 2.75) is 45.0 Å². The van der Waals surface area contributed by atoms with E-state index < -0.39 is 6.36 Å². The average molecular weight is 365 g/mol. The van der Waals surface area contributed by atoms with E-state index in [9.17, 15) is 13.2 Å². The van der Waals surface area contributed by atoms with Gasteiger partial charge in [0.1, 0.15) is 5.75 Å². The van der Waals surface area contributed by atoms with Crippen LogP contribution in [0.2, 0.25) is 5.02 Å². The fourth-order valence-corrected chi connectivity index (χ4v) is 3.30. The Bertz CT molecular complexity index is 519. The maximum absolute atomic E-state index is 12.4. The van der Waals surface area contributed by atoms with E-state index in [2.05, 4.69) is 21.9 Å². The smallest absolute Gasteiger partial charge is 0.404 e. The normalized spacial score (nSPS) is 17.7. The minimum Gasteiger partial charge on any atom is -0.404 e. The van der Waals surface area contributed by atoms with Crippen LogP contribution in [-0.4, -0.2) is 37.4 Å². The number of benzene rings is 1. The molecule has 0 unspecified atom stereocenters. The molecule has 136 valence electrons. The van der Waals surface area contributed by atoms with Gasteiger partial charge >= 0.3 is 6.36 Å². The second kappa shape index (κ2) is 8.92. The highest BCUT2D eigenvalue weighted by molar-refractivity contribution is 6.32. The van der Waals surface area contributed by atoms with Crippen molar-refractivity contribution in [3.05, 3.63) is 28.8 Å². The molecule has 2 rings (SSSR count). The first-order valence-corrected chi connectivity index (χ1v) is 8.78. The molecule has 1 aliphatic rings. The van der Waals surface area contributed by atoms with Gasteiger partial charge in [-0.05, 0) is 24.1 Å². The lowest BCUT2D eigenvalue weighted by atomic mass is 9.98. The van der Waals surface area contributed by atoms with Gasteiger partial charge in [0.25, 0.3) is 0 Å². The van der Waals surface area contributed by atoms with Crippen molar-refractivity contribution in [2.75, 3.05) is 26.2 Å². The van der Waals surface area contributed by atoms with Gasteiger partial charge in [-0.2, -0.15) is 0 Å². The van der Waals surface area contributed by atoms with E-state index in [1.54, 1.807) is 12.1 Å². The largest absolute Gasteiger partial charge is 0.573 e. The van der Waals surface area contributed by atoms with E-state index in [1.165, 1.54) is 6.07 Å². The summed E-state index contributed by atoms with van der Waals surface area (Å²) >= 11 is 6.02. The predicted molar refractivity (Wildman–Crippen MR) is 89.5 cm³/mol. The summed E-state index contributed by atoms with van der Waals surface area (Å²) in [6.45, 7) is 5.85. The predicted octanol–water partition coefficient (Wildman–Crippen LogP) is 4.77. The Kier molecular flexibility index (Phi) is 7.19. The Morgan fingerprint density at radius 2 is 1.96 bits per heavy atom. The van der Waals surface area contributed by atoms with E-state index in [4.69, 9.17) is 11.6 Å². The number of halogens is 4. The summed E-state index contributed by atoms with van der Waals surface area (Å²) in [6.07, 6.45) is -0.392. The van der Waals surface area contributed by atoms with Gasteiger partial charge in [0.05, 0.1) is 5.02 Å². The Morgan fingerprint density at radius 3 is 2.54 bits per heavy atom. The van der Waals surface area contributed by atoms with Crippen LogP contribution in [0.3, 0.4) is 0 Å². The molecule has 0 amide bonds. The second-order valence-electron chi connectivity index (χ2n) is 6.04. The lowest BCUT2D eigenvalue weighted by Crippen LogP contribution is -2.45. The van der Waals surface area contributed by atoms with Crippen LogP contribution >= 0.6 is 11.6 Å². The minimum absolute atomic E-state index is 0.000418. The van der Waals surface area contributed by atoms with Crippen LogP contribution in [0.1, 0.15) is 44.2 Å². The highest BCUT2D eigenvalue weighted by Gasteiger charge is 2.32.